The molecule has 1 aromatic rings. The summed E-state index contributed by atoms with van der Waals surface area (Å²) in [6, 6.07) is 4.17. The van der Waals surface area contributed by atoms with E-state index in [-0.39, 0.29) is 5.56 Å². The summed E-state index contributed by atoms with van der Waals surface area (Å²) in [5.74, 6) is 0.538. The Labute approximate surface area is 99.8 Å². The Bertz CT molecular complexity index is 309. The minimum Gasteiger partial charge on any atom is -0.497 e. The molecule has 0 aliphatic carbocycles. The lowest BCUT2D eigenvalue weighted by molar-refractivity contribution is -0.156. The van der Waals surface area contributed by atoms with Crippen molar-refractivity contribution in [2.45, 2.75) is 26.1 Å². The smallest absolute Gasteiger partial charge is 0.407 e. The van der Waals surface area contributed by atoms with E-state index in [4.69, 9.17) is 4.74 Å². The molecule has 5 heteroatoms. The number of alkyl halides is 3. The highest BCUT2D eigenvalue weighted by atomic mass is 19.4. The SMILES string of the molecule is CC.CNC(c1ccc(OC)cc1)C(F)(F)F. The van der Waals surface area contributed by atoms with Gasteiger partial charge in [0.25, 0.3) is 0 Å². The van der Waals surface area contributed by atoms with Gasteiger partial charge in [-0.15, -0.1) is 0 Å². The normalized spacial score (nSPS) is 12.4. The first-order valence-electron chi connectivity index (χ1n) is 5.37. The predicted molar refractivity (Wildman–Crippen MR) is 62.2 cm³/mol. The van der Waals surface area contributed by atoms with Gasteiger partial charge in [-0.2, -0.15) is 13.2 Å². The highest BCUT2D eigenvalue weighted by Crippen LogP contribution is 2.32. The van der Waals surface area contributed by atoms with Crippen LogP contribution in [-0.4, -0.2) is 20.3 Å². The monoisotopic (exact) mass is 249 g/mol. The second-order valence-corrected chi connectivity index (χ2v) is 3.04. The van der Waals surface area contributed by atoms with E-state index in [1.807, 2.05) is 13.8 Å². The number of hydrogen-bond acceptors (Lipinski definition) is 2. The summed E-state index contributed by atoms with van der Waals surface area (Å²) in [6.45, 7) is 4.00. The summed E-state index contributed by atoms with van der Waals surface area (Å²) in [5.41, 5.74) is 0.172. The van der Waals surface area contributed by atoms with Crippen molar-refractivity contribution in [1.29, 1.82) is 0 Å². The molecule has 1 N–H and O–H groups in total. The average Bonchev–Trinajstić information content (AvgIpc) is 2.32. The largest absolute Gasteiger partial charge is 0.497 e. The third-order valence-corrected chi connectivity index (χ3v) is 2.07. The molecule has 0 spiro atoms. The summed E-state index contributed by atoms with van der Waals surface area (Å²) >= 11 is 0. The lowest BCUT2D eigenvalue weighted by atomic mass is 10.1. The van der Waals surface area contributed by atoms with Crippen molar-refractivity contribution in [1.82, 2.24) is 5.32 Å². The molecule has 0 aromatic heterocycles. The summed E-state index contributed by atoms with van der Waals surface area (Å²) in [5, 5.41) is 2.23. The van der Waals surface area contributed by atoms with E-state index < -0.39 is 12.2 Å². The number of ether oxygens (including phenoxy) is 1. The number of halogens is 3. The van der Waals surface area contributed by atoms with Crippen molar-refractivity contribution in [3.63, 3.8) is 0 Å². The van der Waals surface area contributed by atoms with Gasteiger partial charge in [-0.05, 0) is 24.7 Å². The molecule has 0 fully saturated rings. The van der Waals surface area contributed by atoms with Gasteiger partial charge >= 0.3 is 6.18 Å². The Morgan fingerprint density at radius 1 is 1.12 bits per heavy atom. The van der Waals surface area contributed by atoms with Gasteiger partial charge in [0.2, 0.25) is 0 Å². The van der Waals surface area contributed by atoms with E-state index >= 15 is 0 Å². The highest BCUT2D eigenvalue weighted by molar-refractivity contribution is 5.29. The average molecular weight is 249 g/mol. The Hall–Kier alpha value is -1.23. The molecule has 0 radical (unpaired) electrons. The van der Waals surface area contributed by atoms with Crippen LogP contribution in [0.15, 0.2) is 24.3 Å². The Kier molecular flexibility index (Phi) is 6.65. The zero-order chi connectivity index (χ0) is 13.5. The Morgan fingerprint density at radius 2 is 1.59 bits per heavy atom. The number of hydrogen-bond donors (Lipinski definition) is 1. The molecule has 1 unspecified atom stereocenters. The topological polar surface area (TPSA) is 21.3 Å². The molecule has 1 atom stereocenters. The number of benzene rings is 1. The van der Waals surface area contributed by atoms with Crippen molar-refractivity contribution < 1.29 is 17.9 Å². The second kappa shape index (κ2) is 7.17. The fourth-order valence-electron chi connectivity index (χ4n) is 1.32. The van der Waals surface area contributed by atoms with Crippen molar-refractivity contribution in [3.05, 3.63) is 29.8 Å². The van der Waals surface area contributed by atoms with Crippen LogP contribution in [0.4, 0.5) is 13.2 Å². The number of nitrogens with one attached hydrogen (secondary N) is 1. The van der Waals surface area contributed by atoms with Crippen LogP contribution >= 0.6 is 0 Å². The molecule has 0 saturated carbocycles. The first-order chi connectivity index (χ1) is 7.99. The molecular weight excluding hydrogens is 231 g/mol. The van der Waals surface area contributed by atoms with Crippen molar-refractivity contribution in [2.75, 3.05) is 14.2 Å². The van der Waals surface area contributed by atoms with Crippen LogP contribution in [0.25, 0.3) is 0 Å². The molecule has 1 rings (SSSR count). The first kappa shape index (κ1) is 15.8. The molecule has 2 nitrogen and oxygen atoms in total. The van der Waals surface area contributed by atoms with Crippen LogP contribution in [0.5, 0.6) is 5.75 Å². The minimum atomic E-state index is -4.29. The first-order valence-corrected chi connectivity index (χ1v) is 5.37. The predicted octanol–water partition coefficient (Wildman–Crippen LogP) is 3.54. The van der Waals surface area contributed by atoms with Crippen LogP contribution in [-0.2, 0) is 0 Å². The summed E-state index contributed by atoms with van der Waals surface area (Å²) in [6.07, 6.45) is -4.29. The third kappa shape index (κ3) is 4.65. The fraction of sp³-hybridized carbons (Fsp3) is 0.500. The molecule has 0 aliphatic heterocycles. The maximum atomic E-state index is 12.5. The summed E-state index contributed by atoms with van der Waals surface area (Å²) in [7, 11) is 2.75. The van der Waals surface area contributed by atoms with Gasteiger partial charge in [-0.1, -0.05) is 26.0 Å². The molecule has 1 aromatic carbocycles. The quantitative estimate of drug-likeness (QED) is 0.884. The van der Waals surface area contributed by atoms with E-state index in [0.29, 0.717) is 5.75 Å². The second-order valence-electron chi connectivity index (χ2n) is 3.04. The van der Waals surface area contributed by atoms with E-state index in [2.05, 4.69) is 5.32 Å². The molecular formula is C12H18F3NO. The molecule has 0 heterocycles. The zero-order valence-electron chi connectivity index (χ0n) is 10.4. The van der Waals surface area contributed by atoms with Crippen LogP contribution in [0.3, 0.4) is 0 Å². The Morgan fingerprint density at radius 3 is 1.88 bits per heavy atom. The molecule has 98 valence electrons. The Balaban J connectivity index is 0.00000121. The fourth-order valence-corrected chi connectivity index (χ4v) is 1.32. The maximum absolute atomic E-state index is 12.5. The molecule has 17 heavy (non-hydrogen) atoms. The number of methoxy groups -OCH3 is 1. The maximum Gasteiger partial charge on any atom is 0.407 e. The van der Waals surface area contributed by atoms with Gasteiger partial charge in [0.1, 0.15) is 11.8 Å². The van der Waals surface area contributed by atoms with Gasteiger partial charge in [-0.25, -0.2) is 0 Å². The van der Waals surface area contributed by atoms with E-state index in [1.54, 1.807) is 0 Å². The van der Waals surface area contributed by atoms with Crippen LogP contribution < -0.4 is 10.1 Å². The van der Waals surface area contributed by atoms with Gasteiger partial charge < -0.3 is 10.1 Å². The number of rotatable bonds is 3. The summed E-state index contributed by atoms with van der Waals surface area (Å²) < 4.78 is 42.4. The highest BCUT2D eigenvalue weighted by Gasteiger charge is 2.39. The van der Waals surface area contributed by atoms with Gasteiger partial charge in [-0.3, -0.25) is 0 Å². The summed E-state index contributed by atoms with van der Waals surface area (Å²) in [4.78, 5) is 0. The molecule has 0 saturated heterocycles. The van der Waals surface area contributed by atoms with Gasteiger partial charge in [0, 0.05) is 0 Å². The van der Waals surface area contributed by atoms with Crippen LogP contribution in [0, 0.1) is 0 Å². The third-order valence-electron chi connectivity index (χ3n) is 2.07. The molecule has 0 amide bonds. The van der Waals surface area contributed by atoms with E-state index in [9.17, 15) is 13.2 Å². The zero-order valence-corrected chi connectivity index (χ0v) is 10.4. The van der Waals surface area contributed by atoms with Crippen LogP contribution in [0.1, 0.15) is 25.5 Å². The van der Waals surface area contributed by atoms with E-state index in [0.717, 1.165) is 0 Å². The van der Waals surface area contributed by atoms with Crippen molar-refractivity contribution in [3.8, 4) is 5.75 Å². The minimum absolute atomic E-state index is 0.172. The molecule has 0 bridgehead atoms. The van der Waals surface area contributed by atoms with Crippen LogP contribution in [0.2, 0.25) is 0 Å². The standard InChI is InChI=1S/C10H12F3NO.C2H6/c1-14-9(10(11,12)13)7-3-5-8(15-2)6-4-7;1-2/h3-6,9,14H,1-2H3;1-2H3. The van der Waals surface area contributed by atoms with Gasteiger partial charge in [0.05, 0.1) is 7.11 Å². The molecule has 0 aliphatic rings. The van der Waals surface area contributed by atoms with E-state index in [1.165, 1.54) is 38.4 Å². The lowest BCUT2D eigenvalue weighted by Crippen LogP contribution is -2.31. The van der Waals surface area contributed by atoms with Crippen molar-refractivity contribution in [2.24, 2.45) is 0 Å². The van der Waals surface area contributed by atoms with Gasteiger partial charge in [0.15, 0.2) is 0 Å². The lowest BCUT2D eigenvalue weighted by Gasteiger charge is -2.19. The van der Waals surface area contributed by atoms with Crippen molar-refractivity contribution >= 4 is 0 Å².